The Bertz CT molecular complexity index is 1140. The Labute approximate surface area is 178 Å². The monoisotopic (exact) mass is 398 g/mol. The van der Waals surface area contributed by atoms with E-state index in [1.165, 1.54) is 5.70 Å². The van der Waals surface area contributed by atoms with Crippen molar-refractivity contribution in [1.29, 1.82) is 0 Å². The second kappa shape index (κ2) is 6.97. The second-order valence-electron chi connectivity index (χ2n) is 9.10. The molecule has 4 nitrogen and oxygen atoms in total. The summed E-state index contributed by atoms with van der Waals surface area (Å²) in [6, 6.07) is 16.8. The van der Waals surface area contributed by atoms with Crippen LogP contribution in [0.15, 0.2) is 66.8 Å². The molecule has 0 atom stereocenters. The Morgan fingerprint density at radius 1 is 0.967 bits per heavy atom. The topological polar surface area (TPSA) is 36.3 Å². The van der Waals surface area contributed by atoms with Gasteiger partial charge < -0.3 is 9.31 Å². The fourth-order valence-corrected chi connectivity index (χ4v) is 4.07. The molecule has 0 unspecified atom stereocenters. The molecule has 0 bridgehead atoms. The Morgan fingerprint density at radius 2 is 1.70 bits per heavy atom. The van der Waals surface area contributed by atoms with Crippen LogP contribution in [-0.2, 0) is 9.31 Å². The molecule has 0 spiro atoms. The van der Waals surface area contributed by atoms with Crippen LogP contribution in [0.3, 0.4) is 0 Å². The molecule has 5 heteroatoms. The zero-order valence-electron chi connectivity index (χ0n) is 18.1. The number of allylic oxidation sites excluding steroid dienone is 4. The third-order valence-electron chi connectivity index (χ3n) is 6.51. The molecule has 0 radical (unpaired) electrons. The van der Waals surface area contributed by atoms with Gasteiger partial charge in [-0.25, -0.2) is 4.98 Å². The number of hydrogen-bond donors (Lipinski definition) is 0. The summed E-state index contributed by atoms with van der Waals surface area (Å²) in [4.78, 5) is 5.05. The van der Waals surface area contributed by atoms with E-state index >= 15 is 0 Å². The first-order valence-electron chi connectivity index (χ1n) is 10.7. The van der Waals surface area contributed by atoms with Crippen LogP contribution in [0.2, 0.25) is 0 Å². The molecule has 2 heterocycles. The summed E-state index contributed by atoms with van der Waals surface area (Å²) in [6.07, 6.45) is 8.59. The lowest BCUT2D eigenvalue weighted by Crippen LogP contribution is -2.41. The van der Waals surface area contributed by atoms with Crippen molar-refractivity contribution >= 4 is 29.3 Å². The minimum absolute atomic E-state index is 0.361. The van der Waals surface area contributed by atoms with Crippen LogP contribution in [-0.4, -0.2) is 27.9 Å². The number of rotatable bonds is 3. The van der Waals surface area contributed by atoms with Crippen molar-refractivity contribution in [2.24, 2.45) is 0 Å². The van der Waals surface area contributed by atoms with E-state index in [4.69, 9.17) is 14.3 Å². The van der Waals surface area contributed by atoms with Gasteiger partial charge in [0, 0.05) is 11.3 Å². The van der Waals surface area contributed by atoms with Gasteiger partial charge >= 0.3 is 7.12 Å². The number of nitrogens with zero attached hydrogens (tertiary/aromatic N) is 2. The minimum Gasteiger partial charge on any atom is -0.399 e. The average Bonchev–Trinajstić information content (AvgIpc) is 3.22. The molecule has 0 saturated carbocycles. The minimum atomic E-state index is -0.387. The molecule has 5 rings (SSSR count). The van der Waals surface area contributed by atoms with Crippen LogP contribution in [0, 0.1) is 0 Å². The first-order valence-corrected chi connectivity index (χ1v) is 10.7. The van der Waals surface area contributed by atoms with Gasteiger partial charge in [-0.1, -0.05) is 48.6 Å². The molecule has 2 aromatic carbocycles. The van der Waals surface area contributed by atoms with Gasteiger partial charge in [-0.15, -0.1) is 0 Å². The van der Waals surface area contributed by atoms with Crippen LogP contribution in [0.1, 0.15) is 40.5 Å². The van der Waals surface area contributed by atoms with E-state index in [1.807, 2.05) is 6.07 Å². The van der Waals surface area contributed by atoms with Crippen molar-refractivity contribution in [3.05, 3.63) is 66.8 Å². The summed E-state index contributed by atoms with van der Waals surface area (Å²) >= 11 is 0. The van der Waals surface area contributed by atoms with Gasteiger partial charge in [0.2, 0.25) is 0 Å². The lowest BCUT2D eigenvalue weighted by molar-refractivity contribution is 0.00578. The Morgan fingerprint density at radius 3 is 2.37 bits per heavy atom. The number of aromatic nitrogens is 2. The smallest absolute Gasteiger partial charge is 0.399 e. The average molecular weight is 398 g/mol. The highest BCUT2D eigenvalue weighted by molar-refractivity contribution is 6.62. The number of benzene rings is 2. The molecule has 1 fully saturated rings. The summed E-state index contributed by atoms with van der Waals surface area (Å²) in [7, 11) is -0.387. The maximum absolute atomic E-state index is 6.26. The van der Waals surface area contributed by atoms with E-state index < -0.39 is 0 Å². The van der Waals surface area contributed by atoms with Crippen molar-refractivity contribution < 1.29 is 9.31 Å². The van der Waals surface area contributed by atoms with Gasteiger partial charge in [0.15, 0.2) is 0 Å². The number of imidazole rings is 1. The number of hydrogen-bond acceptors (Lipinski definition) is 3. The highest BCUT2D eigenvalue weighted by atomic mass is 16.7. The molecule has 0 N–H and O–H groups in total. The molecule has 1 saturated heterocycles. The van der Waals surface area contributed by atoms with Crippen LogP contribution >= 0.6 is 0 Å². The summed E-state index contributed by atoms with van der Waals surface area (Å²) in [5, 5.41) is 0. The molecule has 3 aromatic rings. The SMILES string of the molecule is CC1(C)OB(c2ccc3c(c2)nc(-c2ccccc2)n3C2=CC=CCC2)OC1(C)C. The lowest BCUT2D eigenvalue weighted by Gasteiger charge is -2.32. The van der Waals surface area contributed by atoms with Crippen molar-refractivity contribution in [2.75, 3.05) is 0 Å². The zero-order chi connectivity index (χ0) is 20.9. The van der Waals surface area contributed by atoms with Gasteiger partial charge in [0.1, 0.15) is 5.82 Å². The maximum atomic E-state index is 6.26. The summed E-state index contributed by atoms with van der Waals surface area (Å²) in [5.41, 5.74) is 4.72. The standard InChI is InChI=1S/C25H27BN2O2/c1-24(2)25(3,4)30-26(29-24)19-15-16-22-21(17-19)27-23(18-11-7-5-8-12-18)28(22)20-13-9-6-10-14-20/h5-9,11-13,15-17H,10,14H2,1-4H3. The predicted octanol–water partition coefficient (Wildman–Crippen LogP) is 5.19. The molecule has 152 valence electrons. The highest BCUT2D eigenvalue weighted by Gasteiger charge is 2.51. The van der Waals surface area contributed by atoms with Crippen LogP contribution in [0.4, 0.5) is 0 Å². The Kier molecular flexibility index (Phi) is 4.49. The molecule has 30 heavy (non-hydrogen) atoms. The molecular formula is C25H27BN2O2. The normalized spacial score (nSPS) is 20.0. The van der Waals surface area contributed by atoms with Gasteiger partial charge in [0.25, 0.3) is 0 Å². The molecular weight excluding hydrogens is 371 g/mol. The highest BCUT2D eigenvalue weighted by Crippen LogP contribution is 2.37. The zero-order valence-corrected chi connectivity index (χ0v) is 18.1. The number of fused-ring (bicyclic) bond motifs is 1. The summed E-state index contributed by atoms with van der Waals surface area (Å²) < 4.78 is 14.8. The molecule has 1 aromatic heterocycles. The summed E-state index contributed by atoms with van der Waals surface area (Å²) in [5.74, 6) is 0.971. The summed E-state index contributed by atoms with van der Waals surface area (Å²) in [6.45, 7) is 8.32. The van der Waals surface area contributed by atoms with Crippen molar-refractivity contribution in [1.82, 2.24) is 9.55 Å². The van der Waals surface area contributed by atoms with E-state index in [0.717, 1.165) is 40.7 Å². The van der Waals surface area contributed by atoms with Crippen molar-refractivity contribution in [3.8, 4) is 11.4 Å². The third-order valence-corrected chi connectivity index (χ3v) is 6.51. The predicted molar refractivity (Wildman–Crippen MR) is 124 cm³/mol. The van der Waals surface area contributed by atoms with E-state index in [9.17, 15) is 0 Å². The lowest BCUT2D eigenvalue weighted by atomic mass is 9.79. The van der Waals surface area contributed by atoms with Crippen LogP contribution in [0.5, 0.6) is 0 Å². The second-order valence-corrected chi connectivity index (χ2v) is 9.10. The van der Waals surface area contributed by atoms with Crippen molar-refractivity contribution in [2.45, 2.75) is 51.7 Å². The molecule has 0 amide bonds. The fourth-order valence-electron chi connectivity index (χ4n) is 4.07. The van der Waals surface area contributed by atoms with Crippen LogP contribution < -0.4 is 5.46 Å². The third kappa shape index (κ3) is 3.13. The van der Waals surface area contributed by atoms with Gasteiger partial charge in [-0.3, -0.25) is 4.57 Å². The van der Waals surface area contributed by atoms with E-state index in [2.05, 4.69) is 93.0 Å². The first-order chi connectivity index (χ1) is 14.4. The van der Waals surface area contributed by atoms with Gasteiger partial charge in [0.05, 0.1) is 22.2 Å². The fraction of sp³-hybridized carbons (Fsp3) is 0.320. The van der Waals surface area contributed by atoms with Gasteiger partial charge in [-0.05, 0) is 64.2 Å². The van der Waals surface area contributed by atoms with E-state index in [1.54, 1.807) is 0 Å². The van der Waals surface area contributed by atoms with Crippen LogP contribution in [0.25, 0.3) is 28.1 Å². The van der Waals surface area contributed by atoms with E-state index in [0.29, 0.717) is 0 Å². The maximum Gasteiger partial charge on any atom is 0.494 e. The molecule has 1 aliphatic heterocycles. The van der Waals surface area contributed by atoms with Crippen molar-refractivity contribution in [3.63, 3.8) is 0 Å². The largest absolute Gasteiger partial charge is 0.494 e. The Hall–Kier alpha value is -2.63. The Balaban J connectivity index is 1.64. The first kappa shape index (κ1) is 19.3. The van der Waals surface area contributed by atoms with E-state index in [-0.39, 0.29) is 18.3 Å². The van der Waals surface area contributed by atoms with Gasteiger partial charge in [-0.2, -0.15) is 0 Å². The molecule has 1 aliphatic carbocycles. The molecule has 2 aliphatic rings. The quantitative estimate of drug-likeness (QED) is 0.570.